The van der Waals surface area contributed by atoms with Crippen molar-refractivity contribution in [1.29, 1.82) is 0 Å². The van der Waals surface area contributed by atoms with Crippen molar-refractivity contribution in [3.63, 3.8) is 0 Å². The fourth-order valence-corrected chi connectivity index (χ4v) is 3.42. The van der Waals surface area contributed by atoms with Crippen molar-refractivity contribution in [2.75, 3.05) is 6.61 Å². The predicted octanol–water partition coefficient (Wildman–Crippen LogP) is 5.28. The van der Waals surface area contributed by atoms with Crippen molar-refractivity contribution in [2.45, 2.75) is 74.2 Å². The Hall–Kier alpha value is -0.620. The van der Waals surface area contributed by atoms with Crippen LogP contribution in [0.3, 0.4) is 0 Å². The highest BCUT2D eigenvalue weighted by molar-refractivity contribution is 14.1. The highest BCUT2D eigenvalue weighted by Gasteiger charge is 2.14. The summed E-state index contributed by atoms with van der Waals surface area (Å²) in [5.41, 5.74) is 0. The molecule has 1 aliphatic heterocycles. The topological polar surface area (TPSA) is 46.5 Å². The predicted molar refractivity (Wildman–Crippen MR) is 108 cm³/mol. The fourth-order valence-electron chi connectivity index (χ4n) is 2.62. The number of carbonyl (C=O) groups excluding carboxylic acids is 1. The lowest BCUT2D eigenvalue weighted by Crippen LogP contribution is -2.20. The van der Waals surface area contributed by atoms with Gasteiger partial charge in [-0.05, 0) is 32.1 Å². The van der Waals surface area contributed by atoms with E-state index in [1.165, 1.54) is 25.3 Å². The van der Waals surface area contributed by atoms with Crippen LogP contribution < -0.4 is 0 Å². The summed E-state index contributed by atoms with van der Waals surface area (Å²) in [6.45, 7) is 0.473. The van der Waals surface area contributed by atoms with Crippen LogP contribution in [0.5, 0.6) is 0 Å². The molecule has 4 heteroatoms. The number of ether oxygens (including phenoxy) is 1. The van der Waals surface area contributed by atoms with Gasteiger partial charge in [0, 0.05) is 10.0 Å². The number of allylic oxidation sites excluding steroid dienone is 5. The second-order valence-electron chi connectivity index (χ2n) is 6.26. The molecule has 0 aromatic rings. The van der Waals surface area contributed by atoms with E-state index in [9.17, 15) is 9.90 Å². The van der Waals surface area contributed by atoms with E-state index >= 15 is 0 Å². The Balaban J connectivity index is 2.40. The molecule has 1 aliphatic rings. The maximum absolute atomic E-state index is 11.5. The monoisotopic (exact) mass is 446 g/mol. The Morgan fingerprint density at radius 1 is 0.917 bits per heavy atom. The zero-order valence-electron chi connectivity index (χ0n) is 14.5. The molecule has 3 nitrogen and oxygen atoms in total. The number of cyclic esters (lactones) is 1. The molecule has 24 heavy (non-hydrogen) atoms. The second kappa shape index (κ2) is 14.7. The van der Waals surface area contributed by atoms with E-state index in [4.69, 9.17) is 4.74 Å². The zero-order chi connectivity index (χ0) is 17.5. The molecule has 2 atom stereocenters. The van der Waals surface area contributed by atoms with Crippen molar-refractivity contribution >= 4 is 28.6 Å². The number of aliphatic hydroxyl groups is 1. The van der Waals surface area contributed by atoms with Crippen molar-refractivity contribution in [2.24, 2.45) is 0 Å². The van der Waals surface area contributed by atoms with Gasteiger partial charge in [0.2, 0.25) is 0 Å². The van der Waals surface area contributed by atoms with E-state index in [-0.39, 0.29) is 12.1 Å². The van der Waals surface area contributed by atoms with Crippen molar-refractivity contribution in [1.82, 2.24) is 0 Å². The molecule has 0 aromatic carbocycles. The van der Waals surface area contributed by atoms with Crippen molar-refractivity contribution in [3.05, 3.63) is 36.5 Å². The zero-order valence-corrected chi connectivity index (χ0v) is 16.7. The molecule has 0 bridgehead atoms. The Bertz CT molecular complexity index is 415. The number of esters is 1. The van der Waals surface area contributed by atoms with E-state index in [1.807, 2.05) is 18.2 Å². The third-order valence-electron chi connectivity index (χ3n) is 4.11. The average molecular weight is 446 g/mol. The van der Waals surface area contributed by atoms with Crippen LogP contribution in [0.2, 0.25) is 0 Å². The summed E-state index contributed by atoms with van der Waals surface area (Å²) in [5.74, 6) is -0.281. The largest absolute Gasteiger partial charge is 0.463 e. The molecule has 2 unspecified atom stereocenters. The summed E-state index contributed by atoms with van der Waals surface area (Å²) in [6.07, 6.45) is 21.7. The first kappa shape index (κ1) is 21.4. The van der Waals surface area contributed by atoms with Gasteiger partial charge in [-0.3, -0.25) is 0 Å². The summed E-state index contributed by atoms with van der Waals surface area (Å²) in [4.78, 5) is 11.5. The Kier molecular flexibility index (Phi) is 13.1. The van der Waals surface area contributed by atoms with Crippen molar-refractivity contribution in [3.8, 4) is 0 Å². The number of hydrogen-bond donors (Lipinski definition) is 1. The molecule has 0 radical (unpaired) electrons. The molecule has 0 spiro atoms. The van der Waals surface area contributed by atoms with Gasteiger partial charge in [0.15, 0.2) is 0 Å². The van der Waals surface area contributed by atoms with E-state index in [0.717, 1.165) is 44.9 Å². The molecule has 1 rings (SSSR count). The Morgan fingerprint density at radius 3 is 2.50 bits per heavy atom. The molecule has 1 heterocycles. The summed E-state index contributed by atoms with van der Waals surface area (Å²) in [6, 6.07) is 0. The number of halogens is 1. The van der Waals surface area contributed by atoms with Gasteiger partial charge in [0.25, 0.3) is 0 Å². The molecular weight excluding hydrogens is 415 g/mol. The molecule has 0 fully saturated rings. The standard InChI is InChI=1S/C20H31IO3/c21-18-14-10-9-13-17-24-20(23)16-12-8-6-4-2-1-3-5-7-11-15-19(18)22/h2,4,6,8,12,16,18-19,22H,1,3,5,7,9-11,13-15,17H2/b4-2-,8-6-,16-12-. The quantitative estimate of drug-likeness (QED) is 0.313. The van der Waals surface area contributed by atoms with Gasteiger partial charge in [-0.25, -0.2) is 4.79 Å². The van der Waals surface area contributed by atoms with Gasteiger partial charge in [-0.1, -0.05) is 85.1 Å². The molecule has 136 valence electrons. The van der Waals surface area contributed by atoms with Gasteiger partial charge < -0.3 is 9.84 Å². The summed E-state index contributed by atoms with van der Waals surface area (Å²) >= 11 is 2.38. The minimum atomic E-state index is -0.281. The molecule has 1 N–H and O–H groups in total. The van der Waals surface area contributed by atoms with E-state index < -0.39 is 0 Å². The maximum Gasteiger partial charge on any atom is 0.330 e. The van der Waals surface area contributed by atoms with E-state index in [2.05, 4.69) is 28.7 Å². The first-order chi connectivity index (χ1) is 11.7. The number of rotatable bonds is 0. The first-order valence-corrected chi connectivity index (χ1v) is 10.4. The van der Waals surface area contributed by atoms with Crippen LogP contribution in [0, 0.1) is 0 Å². The highest BCUT2D eigenvalue weighted by atomic mass is 127. The third kappa shape index (κ3) is 11.8. The van der Waals surface area contributed by atoms with Crippen LogP contribution in [0.15, 0.2) is 36.5 Å². The SMILES string of the molecule is O=C1\C=C/C=C\C=C/CCCCCCC(O)C(I)CCCCCO1. The molecular formula is C20H31IO3. The number of alkyl halides is 1. The minimum Gasteiger partial charge on any atom is -0.463 e. The normalized spacial score (nSPS) is 30.5. The summed E-state index contributed by atoms with van der Waals surface area (Å²) in [7, 11) is 0. The summed E-state index contributed by atoms with van der Waals surface area (Å²) in [5, 5.41) is 10.2. The van der Waals surface area contributed by atoms with Crippen LogP contribution in [0.25, 0.3) is 0 Å². The number of aliphatic hydroxyl groups excluding tert-OH is 1. The Labute approximate surface area is 160 Å². The number of carbonyl (C=O) groups is 1. The lowest BCUT2D eigenvalue weighted by Gasteiger charge is -2.17. The highest BCUT2D eigenvalue weighted by Crippen LogP contribution is 2.20. The minimum absolute atomic E-state index is 0.187. The van der Waals surface area contributed by atoms with Gasteiger partial charge in [0.05, 0.1) is 12.7 Å². The van der Waals surface area contributed by atoms with Crippen LogP contribution in [0.1, 0.15) is 64.2 Å². The van der Waals surface area contributed by atoms with Crippen LogP contribution in [0.4, 0.5) is 0 Å². The smallest absolute Gasteiger partial charge is 0.330 e. The average Bonchev–Trinajstić information content (AvgIpc) is 2.57. The summed E-state index contributed by atoms with van der Waals surface area (Å²) < 4.78 is 5.49. The molecule has 0 saturated carbocycles. The van der Waals surface area contributed by atoms with Gasteiger partial charge >= 0.3 is 5.97 Å². The molecule has 0 aromatic heterocycles. The maximum atomic E-state index is 11.5. The van der Waals surface area contributed by atoms with Crippen LogP contribution >= 0.6 is 22.6 Å². The van der Waals surface area contributed by atoms with E-state index in [0.29, 0.717) is 10.5 Å². The third-order valence-corrected chi connectivity index (χ3v) is 5.56. The fraction of sp³-hybridized carbons (Fsp3) is 0.650. The molecule has 0 amide bonds. The van der Waals surface area contributed by atoms with Crippen LogP contribution in [-0.2, 0) is 9.53 Å². The first-order valence-electron chi connectivity index (χ1n) is 9.19. The Morgan fingerprint density at radius 2 is 1.62 bits per heavy atom. The lowest BCUT2D eigenvalue weighted by atomic mass is 10.0. The van der Waals surface area contributed by atoms with Crippen molar-refractivity contribution < 1.29 is 14.6 Å². The molecule has 0 aliphatic carbocycles. The van der Waals surface area contributed by atoms with Crippen LogP contribution in [-0.4, -0.2) is 27.7 Å². The molecule has 0 saturated heterocycles. The number of hydrogen-bond acceptors (Lipinski definition) is 3. The lowest BCUT2D eigenvalue weighted by molar-refractivity contribution is -0.137. The van der Waals surface area contributed by atoms with Gasteiger partial charge in [-0.15, -0.1) is 0 Å². The van der Waals surface area contributed by atoms with E-state index in [1.54, 1.807) is 6.08 Å². The second-order valence-corrected chi connectivity index (χ2v) is 7.86. The van der Waals surface area contributed by atoms with Gasteiger partial charge in [0.1, 0.15) is 0 Å². The van der Waals surface area contributed by atoms with Gasteiger partial charge in [-0.2, -0.15) is 0 Å².